The van der Waals surface area contributed by atoms with E-state index in [0.29, 0.717) is 0 Å². The summed E-state index contributed by atoms with van der Waals surface area (Å²) in [5.41, 5.74) is 0. The number of rotatable bonds is 1. The van der Waals surface area contributed by atoms with Gasteiger partial charge in [-0.05, 0) is 39.8 Å². The summed E-state index contributed by atoms with van der Waals surface area (Å²) in [5, 5.41) is 0. The average Bonchev–Trinajstić information content (AvgIpc) is 2.42. The first kappa shape index (κ1) is 33.6. The predicted molar refractivity (Wildman–Crippen MR) is 97.9 cm³/mol. The molecule has 0 fully saturated rings. The average molecular weight is 348 g/mol. The Morgan fingerprint density at radius 2 is 1.00 bits per heavy atom. The molecule has 0 atom stereocenters. The van der Waals surface area contributed by atoms with E-state index in [1.165, 1.54) is 24.3 Å². The van der Waals surface area contributed by atoms with Gasteiger partial charge in [0, 0.05) is 0 Å². The van der Waals surface area contributed by atoms with Gasteiger partial charge in [0.05, 0.1) is 4.90 Å². The van der Waals surface area contributed by atoms with Crippen molar-refractivity contribution in [2.24, 2.45) is 0 Å². The molecule has 126 valence electrons. The van der Waals surface area contributed by atoms with Gasteiger partial charge in [-0.15, -0.1) is 26.3 Å². The molecule has 0 aromatic heterocycles. The second-order valence-electron chi connectivity index (χ2n) is 3.40. The number of hydrogen-bond acceptors (Lipinski definition) is 3. The quantitative estimate of drug-likeness (QED) is 0.445. The minimum absolute atomic E-state index is 0. The minimum Gasteiger partial charge on any atom is -0.744 e. The summed E-state index contributed by atoms with van der Waals surface area (Å²) in [6, 6.07) is 7.19. The molecule has 0 aliphatic rings. The Morgan fingerprint density at radius 1 is 0.783 bits per heavy atom. The molecule has 1 aromatic rings. The van der Waals surface area contributed by atoms with Gasteiger partial charge in [-0.2, -0.15) is 0 Å². The summed E-state index contributed by atoms with van der Waals surface area (Å²) in [4.78, 5) is -0.185. The van der Waals surface area contributed by atoms with Crippen molar-refractivity contribution < 1.29 is 42.5 Å². The van der Waals surface area contributed by atoms with Crippen LogP contribution in [0.25, 0.3) is 0 Å². The summed E-state index contributed by atoms with van der Waals surface area (Å²) in [6.07, 6.45) is 7.00. The van der Waals surface area contributed by atoms with E-state index in [9.17, 15) is 13.0 Å². The van der Waals surface area contributed by atoms with Gasteiger partial charge in [0.1, 0.15) is 10.1 Å². The molecule has 1 rings (SSSR count). The van der Waals surface area contributed by atoms with Crippen LogP contribution in [-0.4, -0.2) is 13.0 Å². The smallest absolute Gasteiger partial charge is 0.744 e. The van der Waals surface area contributed by atoms with Crippen LogP contribution in [-0.2, 0) is 10.1 Å². The zero-order valence-electron chi connectivity index (χ0n) is 15.2. The fourth-order valence-corrected chi connectivity index (χ4v) is 1.08. The first-order valence-electron chi connectivity index (χ1n) is 6.56. The van der Waals surface area contributed by atoms with Crippen LogP contribution >= 0.6 is 0 Å². The van der Waals surface area contributed by atoms with E-state index < -0.39 is 10.1 Å². The van der Waals surface area contributed by atoms with Crippen LogP contribution in [0.3, 0.4) is 0 Å². The largest absolute Gasteiger partial charge is 1.00 e. The molecule has 0 unspecified atom stereocenters. The first-order valence-corrected chi connectivity index (χ1v) is 7.97. The molecule has 3 nitrogen and oxygen atoms in total. The van der Waals surface area contributed by atoms with E-state index in [1.54, 1.807) is 30.4 Å². The van der Waals surface area contributed by atoms with E-state index in [1.807, 2.05) is 27.7 Å². The van der Waals surface area contributed by atoms with Crippen LogP contribution in [0, 0.1) is 0 Å². The van der Waals surface area contributed by atoms with Gasteiger partial charge >= 0.3 is 29.6 Å². The Hall–Kier alpha value is -0.910. The monoisotopic (exact) mass is 348 g/mol. The Labute approximate surface area is 165 Å². The van der Waals surface area contributed by atoms with Crippen molar-refractivity contribution in [2.75, 3.05) is 0 Å². The van der Waals surface area contributed by atoms with Crippen molar-refractivity contribution in [3.05, 3.63) is 81.0 Å². The maximum Gasteiger partial charge on any atom is 1.00 e. The van der Waals surface area contributed by atoms with Gasteiger partial charge in [0.15, 0.2) is 0 Å². The third kappa shape index (κ3) is 44.9. The van der Waals surface area contributed by atoms with Crippen molar-refractivity contribution in [1.82, 2.24) is 0 Å². The summed E-state index contributed by atoms with van der Waals surface area (Å²) in [7, 11) is -4.25. The third-order valence-corrected chi connectivity index (χ3v) is 1.88. The molecule has 0 bridgehead atoms. The van der Waals surface area contributed by atoms with Crippen molar-refractivity contribution in [3.63, 3.8) is 0 Å². The maximum atomic E-state index is 10.3. The molecule has 1 aromatic carbocycles. The van der Waals surface area contributed by atoms with Gasteiger partial charge in [-0.3, -0.25) is 0 Å². The topological polar surface area (TPSA) is 57.2 Å². The molecule has 0 radical (unpaired) electrons. The standard InChI is InChI=1S/C6H6O3S.4C3H6.Na/c7-10(8,9)6-4-2-1-3-5-6;4*1-3-2;/h1-5H,(H,7,8,9);4*3H,1H2,2H3;/q;;;;;+1/p-1. The van der Waals surface area contributed by atoms with Crippen molar-refractivity contribution in [2.45, 2.75) is 32.6 Å². The molecule has 23 heavy (non-hydrogen) atoms. The molecule has 0 aliphatic heterocycles. The van der Waals surface area contributed by atoms with Crippen LogP contribution in [0.15, 0.2) is 85.8 Å². The Bertz CT molecular complexity index is 442. The van der Waals surface area contributed by atoms with E-state index in [2.05, 4.69) is 26.3 Å². The fourth-order valence-electron chi connectivity index (χ4n) is 0.587. The molecule has 5 heteroatoms. The van der Waals surface area contributed by atoms with Crippen LogP contribution in [0.2, 0.25) is 0 Å². The first-order chi connectivity index (χ1) is 10.3. The van der Waals surface area contributed by atoms with Crippen LogP contribution in [0.4, 0.5) is 0 Å². The Morgan fingerprint density at radius 3 is 1.13 bits per heavy atom. The normalized spacial score (nSPS) is 7.17. The van der Waals surface area contributed by atoms with Crippen molar-refractivity contribution >= 4 is 10.1 Å². The summed E-state index contributed by atoms with van der Waals surface area (Å²) >= 11 is 0. The molecule has 0 aliphatic carbocycles. The van der Waals surface area contributed by atoms with Crippen molar-refractivity contribution in [3.8, 4) is 0 Å². The molecule has 0 heterocycles. The van der Waals surface area contributed by atoms with Crippen LogP contribution in [0.1, 0.15) is 27.7 Å². The molecule has 0 saturated carbocycles. The van der Waals surface area contributed by atoms with Gasteiger partial charge in [-0.25, -0.2) is 8.42 Å². The maximum absolute atomic E-state index is 10.3. The Balaban J connectivity index is -0.0000000702. The number of allylic oxidation sites excluding steroid dienone is 4. The zero-order valence-corrected chi connectivity index (χ0v) is 18.0. The van der Waals surface area contributed by atoms with E-state index in [0.717, 1.165) is 0 Å². The zero-order chi connectivity index (χ0) is 18.4. The molecule has 0 N–H and O–H groups in total. The van der Waals surface area contributed by atoms with Crippen molar-refractivity contribution in [1.29, 1.82) is 0 Å². The molecule has 0 amide bonds. The van der Waals surface area contributed by atoms with E-state index >= 15 is 0 Å². The van der Waals surface area contributed by atoms with Gasteiger partial charge in [-0.1, -0.05) is 42.5 Å². The third-order valence-electron chi connectivity index (χ3n) is 1.03. The SMILES string of the molecule is C=CC.C=CC.C=CC.C=CC.O=S(=O)([O-])c1ccccc1.[Na+]. The van der Waals surface area contributed by atoms with E-state index in [-0.39, 0.29) is 34.5 Å². The molecule has 0 saturated heterocycles. The Kier molecular flexibility index (Phi) is 42.6. The van der Waals surface area contributed by atoms with Crippen LogP contribution < -0.4 is 29.6 Å². The number of hydrogen-bond donors (Lipinski definition) is 0. The molecular formula is C18H29NaO3S. The summed E-state index contributed by atoms with van der Waals surface area (Å²) in [6.45, 7) is 21.0. The molecular weight excluding hydrogens is 319 g/mol. The fraction of sp³-hybridized carbons (Fsp3) is 0.222. The summed E-state index contributed by atoms with van der Waals surface area (Å²) < 4.78 is 30.8. The second-order valence-corrected chi connectivity index (χ2v) is 4.78. The molecule has 0 spiro atoms. The van der Waals surface area contributed by atoms with Gasteiger partial charge < -0.3 is 4.55 Å². The van der Waals surface area contributed by atoms with Gasteiger partial charge in [0.25, 0.3) is 0 Å². The number of benzene rings is 1. The predicted octanol–water partition coefficient (Wildman–Crippen LogP) is 2.36. The van der Waals surface area contributed by atoms with E-state index in [4.69, 9.17) is 0 Å². The van der Waals surface area contributed by atoms with Gasteiger partial charge in [0.2, 0.25) is 0 Å². The second kappa shape index (κ2) is 29.1. The summed E-state index contributed by atoms with van der Waals surface area (Å²) in [5.74, 6) is 0. The minimum atomic E-state index is -4.25. The van der Waals surface area contributed by atoms with Crippen LogP contribution in [0.5, 0.6) is 0 Å².